The molecule has 0 aromatic heterocycles. The first-order chi connectivity index (χ1) is 6.24. The van der Waals surface area contributed by atoms with Gasteiger partial charge in [0.25, 0.3) is 5.91 Å². The van der Waals surface area contributed by atoms with Crippen molar-refractivity contribution in [2.75, 3.05) is 11.0 Å². The lowest BCUT2D eigenvalue weighted by molar-refractivity contribution is 0.0956. The van der Waals surface area contributed by atoms with Crippen LogP contribution in [0.15, 0.2) is 24.3 Å². The van der Waals surface area contributed by atoms with Crippen molar-refractivity contribution in [1.82, 2.24) is 5.32 Å². The predicted octanol–water partition coefficient (Wildman–Crippen LogP) is 2.50. The van der Waals surface area contributed by atoms with E-state index in [1.54, 1.807) is 24.3 Å². The Kier molecular flexibility index (Phi) is 4.52. The van der Waals surface area contributed by atoms with E-state index in [4.69, 9.17) is 11.6 Å². The molecule has 0 radical (unpaired) electrons. The van der Waals surface area contributed by atoms with Crippen molar-refractivity contribution in [1.29, 1.82) is 0 Å². The summed E-state index contributed by atoms with van der Waals surface area (Å²) in [4.78, 5) is 11.4. The Labute approximate surface area is 95.8 Å². The third kappa shape index (κ3) is 3.52. The fraction of sp³-hybridized carbons (Fsp3) is 0.222. The van der Waals surface area contributed by atoms with Gasteiger partial charge in [-0.1, -0.05) is 40.3 Å². The van der Waals surface area contributed by atoms with Crippen LogP contribution in [0, 0.1) is 0 Å². The average molecular weight is 310 g/mol. The Morgan fingerprint density at radius 1 is 1.54 bits per heavy atom. The van der Waals surface area contributed by atoms with Crippen LogP contribution in [0.5, 0.6) is 0 Å². The number of hydrogen-bond acceptors (Lipinski definition) is 1. The molecule has 1 amide bonds. The van der Waals surface area contributed by atoms with Gasteiger partial charge in [-0.25, -0.2) is 0 Å². The third-order valence-electron chi connectivity index (χ3n) is 1.47. The minimum atomic E-state index is -0.0702. The molecule has 0 atom stereocenters. The van der Waals surface area contributed by atoms with Crippen molar-refractivity contribution in [2.24, 2.45) is 0 Å². The number of halogens is 2. The quantitative estimate of drug-likeness (QED) is 0.674. The van der Waals surface area contributed by atoms with E-state index in [1.807, 2.05) is 0 Å². The Hall–Kier alpha value is -0.290. The van der Waals surface area contributed by atoms with Gasteiger partial charge in [-0.2, -0.15) is 0 Å². The summed E-state index contributed by atoms with van der Waals surface area (Å²) in [6.07, 6.45) is 0. The molecular formula is C9H9ClINO. The normalized spacial score (nSPS) is 9.69. The number of rotatable bonds is 3. The number of alkyl halides is 1. The van der Waals surface area contributed by atoms with Gasteiger partial charge in [0.2, 0.25) is 0 Å². The maximum atomic E-state index is 11.4. The largest absolute Gasteiger partial charge is 0.351 e. The summed E-state index contributed by atoms with van der Waals surface area (Å²) in [6.45, 7) is 0.686. The lowest BCUT2D eigenvalue weighted by Gasteiger charge is -2.02. The zero-order valence-electron chi connectivity index (χ0n) is 6.89. The highest BCUT2D eigenvalue weighted by molar-refractivity contribution is 14.1. The number of amides is 1. The third-order valence-corrected chi connectivity index (χ3v) is 2.24. The summed E-state index contributed by atoms with van der Waals surface area (Å²) in [6, 6.07) is 6.91. The Balaban J connectivity index is 2.66. The topological polar surface area (TPSA) is 29.1 Å². The Bertz CT molecular complexity index is 303. The summed E-state index contributed by atoms with van der Waals surface area (Å²) < 4.78 is 0.907. The molecule has 1 aromatic carbocycles. The van der Waals surface area contributed by atoms with Crippen molar-refractivity contribution in [3.05, 3.63) is 34.9 Å². The van der Waals surface area contributed by atoms with Gasteiger partial charge in [0.1, 0.15) is 0 Å². The first-order valence-corrected chi connectivity index (χ1v) is 5.74. The van der Waals surface area contributed by atoms with Crippen LogP contribution in [0.4, 0.5) is 0 Å². The molecule has 70 valence electrons. The van der Waals surface area contributed by atoms with Crippen LogP contribution in [0.3, 0.4) is 0 Å². The van der Waals surface area contributed by atoms with Gasteiger partial charge in [0, 0.05) is 21.6 Å². The number of benzene rings is 1. The van der Waals surface area contributed by atoms with E-state index in [0.29, 0.717) is 17.1 Å². The first kappa shape index (κ1) is 10.8. The number of carbonyl (C=O) groups excluding carboxylic acids is 1. The van der Waals surface area contributed by atoms with Gasteiger partial charge in [-0.05, 0) is 18.2 Å². The number of hydrogen-bond donors (Lipinski definition) is 1. The van der Waals surface area contributed by atoms with Gasteiger partial charge < -0.3 is 5.32 Å². The van der Waals surface area contributed by atoms with Crippen LogP contribution in [-0.2, 0) is 0 Å². The van der Waals surface area contributed by atoms with Crippen LogP contribution < -0.4 is 5.32 Å². The molecule has 13 heavy (non-hydrogen) atoms. The molecule has 1 aromatic rings. The minimum absolute atomic E-state index is 0.0702. The fourth-order valence-corrected chi connectivity index (χ4v) is 1.35. The van der Waals surface area contributed by atoms with Gasteiger partial charge in [0.05, 0.1) is 0 Å². The molecule has 1 rings (SSSR count). The molecule has 0 aliphatic rings. The average Bonchev–Trinajstić information content (AvgIpc) is 2.14. The van der Waals surface area contributed by atoms with E-state index in [-0.39, 0.29) is 5.91 Å². The molecule has 0 saturated carbocycles. The zero-order valence-corrected chi connectivity index (χ0v) is 9.80. The van der Waals surface area contributed by atoms with Gasteiger partial charge in [-0.3, -0.25) is 4.79 Å². The van der Waals surface area contributed by atoms with E-state index >= 15 is 0 Å². The van der Waals surface area contributed by atoms with Crippen molar-refractivity contribution < 1.29 is 4.79 Å². The first-order valence-electron chi connectivity index (χ1n) is 3.84. The SMILES string of the molecule is O=C(NCCI)c1cccc(Cl)c1. The van der Waals surface area contributed by atoms with Crippen LogP contribution in [-0.4, -0.2) is 16.9 Å². The molecule has 0 heterocycles. The molecule has 0 bridgehead atoms. The molecule has 0 aliphatic heterocycles. The van der Waals surface area contributed by atoms with E-state index in [0.717, 1.165) is 4.43 Å². The second kappa shape index (κ2) is 5.44. The van der Waals surface area contributed by atoms with Gasteiger partial charge in [-0.15, -0.1) is 0 Å². The van der Waals surface area contributed by atoms with Crippen LogP contribution in [0.25, 0.3) is 0 Å². The molecule has 0 unspecified atom stereocenters. The Morgan fingerprint density at radius 2 is 2.31 bits per heavy atom. The molecule has 0 aliphatic carbocycles. The summed E-state index contributed by atoms with van der Waals surface area (Å²) in [5, 5.41) is 3.36. The maximum absolute atomic E-state index is 11.4. The van der Waals surface area contributed by atoms with Crippen molar-refractivity contribution in [3.63, 3.8) is 0 Å². The molecule has 0 saturated heterocycles. The predicted molar refractivity (Wildman–Crippen MR) is 62.7 cm³/mol. The zero-order chi connectivity index (χ0) is 9.68. The van der Waals surface area contributed by atoms with Gasteiger partial charge in [0.15, 0.2) is 0 Å². The minimum Gasteiger partial charge on any atom is -0.351 e. The highest BCUT2D eigenvalue weighted by Crippen LogP contribution is 2.10. The van der Waals surface area contributed by atoms with E-state index in [2.05, 4.69) is 27.9 Å². The summed E-state index contributed by atoms with van der Waals surface area (Å²) in [5.41, 5.74) is 0.609. The molecule has 0 fully saturated rings. The highest BCUT2D eigenvalue weighted by Gasteiger charge is 2.03. The standard InChI is InChI=1S/C9H9ClINO/c10-8-3-1-2-7(6-8)9(13)12-5-4-11/h1-3,6H,4-5H2,(H,12,13). The maximum Gasteiger partial charge on any atom is 0.251 e. The monoisotopic (exact) mass is 309 g/mol. The van der Waals surface area contributed by atoms with Crippen molar-refractivity contribution in [2.45, 2.75) is 0 Å². The second-order valence-electron chi connectivity index (χ2n) is 2.46. The molecule has 2 nitrogen and oxygen atoms in total. The van der Waals surface area contributed by atoms with Crippen molar-refractivity contribution >= 4 is 40.1 Å². The van der Waals surface area contributed by atoms with Crippen LogP contribution >= 0.6 is 34.2 Å². The summed E-state index contributed by atoms with van der Waals surface area (Å²) in [7, 11) is 0. The second-order valence-corrected chi connectivity index (χ2v) is 3.97. The number of nitrogens with one attached hydrogen (secondary N) is 1. The molecule has 1 N–H and O–H groups in total. The van der Waals surface area contributed by atoms with Crippen LogP contribution in [0.2, 0.25) is 5.02 Å². The Morgan fingerprint density at radius 3 is 2.92 bits per heavy atom. The summed E-state index contributed by atoms with van der Waals surface area (Å²) >= 11 is 7.95. The molecular weight excluding hydrogens is 300 g/mol. The fourth-order valence-electron chi connectivity index (χ4n) is 0.893. The van der Waals surface area contributed by atoms with Crippen LogP contribution in [0.1, 0.15) is 10.4 Å². The highest BCUT2D eigenvalue weighted by atomic mass is 127. The number of carbonyl (C=O) groups is 1. The summed E-state index contributed by atoms with van der Waals surface area (Å²) in [5.74, 6) is -0.0702. The molecule has 0 spiro atoms. The lowest BCUT2D eigenvalue weighted by atomic mass is 10.2. The van der Waals surface area contributed by atoms with Gasteiger partial charge >= 0.3 is 0 Å². The molecule has 4 heteroatoms. The van der Waals surface area contributed by atoms with E-state index in [1.165, 1.54) is 0 Å². The smallest absolute Gasteiger partial charge is 0.251 e. The van der Waals surface area contributed by atoms with E-state index in [9.17, 15) is 4.79 Å². The lowest BCUT2D eigenvalue weighted by Crippen LogP contribution is -2.24. The van der Waals surface area contributed by atoms with E-state index < -0.39 is 0 Å². The van der Waals surface area contributed by atoms with Crippen molar-refractivity contribution in [3.8, 4) is 0 Å².